The van der Waals surface area contributed by atoms with Crippen LogP contribution in [0.3, 0.4) is 0 Å². The maximum absolute atomic E-state index is 13.6. The molecule has 1 heterocycles. The van der Waals surface area contributed by atoms with Crippen molar-refractivity contribution in [2.75, 3.05) is 23.3 Å². The van der Waals surface area contributed by atoms with E-state index >= 15 is 0 Å². The molecule has 3 rings (SSSR count). The number of anilines is 2. The van der Waals surface area contributed by atoms with Crippen molar-refractivity contribution in [1.82, 2.24) is 0 Å². The Bertz CT molecular complexity index is 1030. The Morgan fingerprint density at radius 1 is 1.21 bits per heavy atom. The third-order valence-corrected chi connectivity index (χ3v) is 8.22. The van der Waals surface area contributed by atoms with Gasteiger partial charge in [0.15, 0.2) is 4.75 Å². The van der Waals surface area contributed by atoms with Gasteiger partial charge in [0.25, 0.3) is 0 Å². The second kappa shape index (κ2) is 7.88. The van der Waals surface area contributed by atoms with E-state index in [0.29, 0.717) is 35.1 Å². The van der Waals surface area contributed by atoms with E-state index in [1.54, 1.807) is 18.2 Å². The summed E-state index contributed by atoms with van der Waals surface area (Å²) in [6.45, 7) is 5.60. The number of nitrogens with one attached hydrogen (secondary N) is 1. The lowest BCUT2D eigenvalue weighted by Crippen LogP contribution is -2.57. The van der Waals surface area contributed by atoms with Gasteiger partial charge in [-0.05, 0) is 62.9 Å². The summed E-state index contributed by atoms with van der Waals surface area (Å²) in [7, 11) is -2.44. The molecule has 1 saturated heterocycles. The van der Waals surface area contributed by atoms with E-state index in [1.165, 1.54) is 18.3 Å². The van der Waals surface area contributed by atoms with Crippen molar-refractivity contribution in [2.45, 2.75) is 38.4 Å². The van der Waals surface area contributed by atoms with Gasteiger partial charge in [0, 0.05) is 12.2 Å². The molecule has 0 radical (unpaired) electrons. The summed E-state index contributed by atoms with van der Waals surface area (Å²) in [6.07, 6.45) is 0.826. The molecule has 6 nitrogen and oxygen atoms in total. The van der Waals surface area contributed by atoms with Crippen LogP contribution in [0.2, 0.25) is 5.02 Å². The van der Waals surface area contributed by atoms with Crippen LogP contribution < -0.4 is 14.4 Å². The fourth-order valence-corrected chi connectivity index (χ4v) is 6.05. The predicted molar refractivity (Wildman–Crippen MR) is 116 cm³/mol. The van der Waals surface area contributed by atoms with Crippen LogP contribution >= 0.6 is 11.6 Å². The van der Waals surface area contributed by atoms with E-state index in [-0.39, 0.29) is 6.42 Å². The summed E-state index contributed by atoms with van der Waals surface area (Å²) < 4.78 is 32.0. The maximum Gasteiger partial charge on any atom is 0.249 e. The number of aryl methyl sites for hydroxylation is 2. The van der Waals surface area contributed by atoms with Gasteiger partial charge in [0.2, 0.25) is 15.9 Å². The number of ether oxygens (including phenoxy) is 1. The average molecular weight is 437 g/mol. The molecule has 0 aliphatic carbocycles. The number of amides is 1. The lowest BCUT2D eigenvalue weighted by atomic mass is 10.0. The van der Waals surface area contributed by atoms with Gasteiger partial charge in [-0.1, -0.05) is 29.8 Å². The first-order valence-corrected chi connectivity index (χ1v) is 11.2. The Morgan fingerprint density at radius 3 is 2.45 bits per heavy atom. The molecule has 1 N–H and O–H groups in total. The van der Waals surface area contributed by atoms with Crippen molar-refractivity contribution in [2.24, 2.45) is 0 Å². The molecule has 0 saturated carbocycles. The molecule has 0 spiro atoms. The Balaban J connectivity index is 1.95. The first kappa shape index (κ1) is 21.5. The minimum atomic E-state index is -3.94. The highest BCUT2D eigenvalue weighted by Crippen LogP contribution is 2.39. The second-order valence-corrected chi connectivity index (χ2v) is 10.2. The van der Waals surface area contributed by atoms with Crippen LogP contribution in [-0.4, -0.2) is 32.7 Å². The van der Waals surface area contributed by atoms with Gasteiger partial charge in [-0.2, -0.15) is 0 Å². The highest BCUT2D eigenvalue weighted by Gasteiger charge is 2.52. The molecular weight excluding hydrogens is 412 g/mol. The fourth-order valence-electron chi connectivity index (χ4n) is 3.72. The largest absolute Gasteiger partial charge is 0.495 e. The zero-order chi connectivity index (χ0) is 21.4. The van der Waals surface area contributed by atoms with E-state index in [9.17, 15) is 13.2 Å². The van der Waals surface area contributed by atoms with Crippen LogP contribution in [0.4, 0.5) is 11.4 Å². The molecule has 1 aliphatic rings. The fraction of sp³-hybridized carbons (Fsp3) is 0.381. The Labute approximate surface area is 176 Å². The SMILES string of the molecule is COc1ccc(NC(=O)[C@]2(C)CCCN(c3c(C)cccc3C)S2(=O)=O)cc1Cl. The lowest BCUT2D eigenvalue weighted by molar-refractivity contribution is -0.118. The van der Waals surface area contributed by atoms with Crippen molar-refractivity contribution in [3.05, 3.63) is 52.5 Å². The number of halogens is 1. The van der Waals surface area contributed by atoms with Gasteiger partial charge < -0.3 is 10.1 Å². The average Bonchev–Trinajstić information content (AvgIpc) is 2.65. The van der Waals surface area contributed by atoms with E-state index < -0.39 is 20.7 Å². The number of nitrogens with zero attached hydrogens (tertiary/aromatic N) is 1. The molecule has 0 aromatic heterocycles. The smallest absolute Gasteiger partial charge is 0.249 e. The van der Waals surface area contributed by atoms with Gasteiger partial charge in [0.1, 0.15) is 5.75 Å². The van der Waals surface area contributed by atoms with Gasteiger partial charge in [-0.15, -0.1) is 0 Å². The molecule has 0 unspecified atom stereocenters. The Hall–Kier alpha value is -2.25. The number of methoxy groups -OCH3 is 1. The van der Waals surface area contributed by atoms with Crippen molar-refractivity contribution < 1.29 is 17.9 Å². The van der Waals surface area contributed by atoms with Gasteiger partial charge in [0.05, 0.1) is 17.8 Å². The number of hydrogen-bond acceptors (Lipinski definition) is 4. The topological polar surface area (TPSA) is 75.7 Å². The van der Waals surface area contributed by atoms with Gasteiger partial charge in [-0.25, -0.2) is 8.42 Å². The van der Waals surface area contributed by atoms with Crippen molar-refractivity contribution >= 4 is 38.9 Å². The standard InChI is InChI=1S/C21H25ClN2O4S/c1-14-7-5-8-15(2)19(14)24-12-6-11-21(3,29(24,26)27)20(25)23-16-9-10-18(28-4)17(22)13-16/h5,7-10,13H,6,11-12H2,1-4H3,(H,23,25)/t21-/m0/s1. The molecule has 156 valence electrons. The van der Waals surface area contributed by atoms with E-state index in [2.05, 4.69) is 5.32 Å². The van der Waals surface area contributed by atoms with Crippen molar-refractivity contribution in [1.29, 1.82) is 0 Å². The molecule has 2 aromatic carbocycles. The number of para-hydroxylation sites is 1. The lowest BCUT2D eigenvalue weighted by Gasteiger charge is -2.40. The number of hydrogen-bond donors (Lipinski definition) is 1. The summed E-state index contributed by atoms with van der Waals surface area (Å²) in [5.74, 6) is -0.1000. The Morgan fingerprint density at radius 2 is 1.86 bits per heavy atom. The summed E-state index contributed by atoms with van der Waals surface area (Å²) in [5, 5.41) is 3.05. The van der Waals surface area contributed by atoms with Crippen LogP contribution in [0.15, 0.2) is 36.4 Å². The van der Waals surface area contributed by atoms with Gasteiger partial charge >= 0.3 is 0 Å². The first-order chi connectivity index (χ1) is 13.6. The summed E-state index contributed by atoms with van der Waals surface area (Å²) in [4.78, 5) is 13.1. The second-order valence-electron chi connectivity index (χ2n) is 7.46. The number of carbonyl (C=O) groups excluding carboxylic acids is 1. The molecule has 0 bridgehead atoms. The summed E-state index contributed by atoms with van der Waals surface area (Å²) >= 11 is 6.12. The third kappa shape index (κ3) is 3.69. The third-order valence-electron chi connectivity index (χ3n) is 5.45. The zero-order valence-electron chi connectivity index (χ0n) is 17.0. The zero-order valence-corrected chi connectivity index (χ0v) is 18.5. The van der Waals surface area contributed by atoms with Crippen LogP contribution in [0.5, 0.6) is 5.75 Å². The van der Waals surface area contributed by atoms with Crippen LogP contribution in [0, 0.1) is 13.8 Å². The number of carbonyl (C=O) groups is 1. The number of sulfonamides is 1. The number of rotatable bonds is 4. The normalized spacial score (nSPS) is 20.9. The van der Waals surface area contributed by atoms with E-state index in [1.807, 2.05) is 32.0 Å². The molecule has 29 heavy (non-hydrogen) atoms. The molecular formula is C21H25ClN2O4S. The minimum absolute atomic E-state index is 0.243. The molecule has 1 atom stereocenters. The summed E-state index contributed by atoms with van der Waals surface area (Å²) in [6, 6.07) is 10.4. The minimum Gasteiger partial charge on any atom is -0.495 e. The first-order valence-electron chi connectivity index (χ1n) is 9.35. The molecule has 1 fully saturated rings. The predicted octanol–water partition coefficient (Wildman–Crippen LogP) is 4.29. The molecule has 8 heteroatoms. The number of benzene rings is 2. The van der Waals surface area contributed by atoms with Crippen LogP contribution in [-0.2, 0) is 14.8 Å². The Kier molecular flexibility index (Phi) is 5.83. The maximum atomic E-state index is 13.6. The van der Waals surface area contributed by atoms with E-state index in [4.69, 9.17) is 16.3 Å². The highest BCUT2D eigenvalue weighted by molar-refractivity contribution is 7.95. The molecule has 2 aromatic rings. The van der Waals surface area contributed by atoms with Crippen molar-refractivity contribution in [3.63, 3.8) is 0 Å². The monoisotopic (exact) mass is 436 g/mol. The molecule has 1 aliphatic heterocycles. The van der Waals surface area contributed by atoms with Gasteiger partial charge in [-0.3, -0.25) is 9.10 Å². The highest BCUT2D eigenvalue weighted by atomic mass is 35.5. The molecule has 1 amide bonds. The van der Waals surface area contributed by atoms with E-state index in [0.717, 1.165) is 11.1 Å². The quantitative estimate of drug-likeness (QED) is 0.775. The van der Waals surface area contributed by atoms with Crippen LogP contribution in [0.25, 0.3) is 0 Å². The van der Waals surface area contributed by atoms with Crippen molar-refractivity contribution in [3.8, 4) is 5.75 Å². The summed E-state index contributed by atoms with van der Waals surface area (Å²) in [5.41, 5.74) is 2.79. The van der Waals surface area contributed by atoms with Crippen LogP contribution in [0.1, 0.15) is 30.9 Å².